The van der Waals surface area contributed by atoms with Crippen LogP contribution in [0.25, 0.3) is 0 Å². The summed E-state index contributed by atoms with van der Waals surface area (Å²) in [5.41, 5.74) is 1.45. The molecule has 1 N–H and O–H groups in total. The van der Waals surface area contributed by atoms with E-state index in [4.69, 9.17) is 9.84 Å². The molecule has 0 saturated heterocycles. The first kappa shape index (κ1) is 14.4. The number of hydrogen-bond acceptors (Lipinski definition) is 4. The largest absolute Gasteiger partial charge is 0.487 e. The smallest absolute Gasteiger partial charge is 0.303 e. The molecule has 20 heavy (non-hydrogen) atoms. The van der Waals surface area contributed by atoms with Crippen molar-refractivity contribution < 1.29 is 19.4 Å². The second-order valence-corrected chi connectivity index (χ2v) is 4.97. The molecule has 5 nitrogen and oxygen atoms in total. The van der Waals surface area contributed by atoms with Gasteiger partial charge in [-0.3, -0.25) is 9.59 Å². The first-order chi connectivity index (χ1) is 9.51. The number of hydrogen-bond donors (Lipinski definition) is 1. The van der Waals surface area contributed by atoms with Crippen LogP contribution in [0.1, 0.15) is 37.0 Å². The number of Topliss-reactive ketones (excluding diaryl/α,β-unsaturated/α-hetero) is 1. The Morgan fingerprint density at radius 3 is 2.80 bits per heavy atom. The van der Waals surface area contributed by atoms with Crippen molar-refractivity contribution in [3.05, 3.63) is 23.8 Å². The number of aliphatic carboxylic acids is 1. The summed E-state index contributed by atoms with van der Waals surface area (Å²) < 4.78 is 5.75. The number of carbonyl (C=O) groups excluding carboxylic acids is 1. The van der Waals surface area contributed by atoms with Gasteiger partial charge < -0.3 is 14.7 Å². The number of fused-ring (bicyclic) bond motifs is 1. The van der Waals surface area contributed by atoms with Crippen LogP contribution in [0.15, 0.2) is 18.2 Å². The van der Waals surface area contributed by atoms with Crippen molar-refractivity contribution in [2.24, 2.45) is 0 Å². The fraction of sp³-hybridized carbons (Fsp3) is 0.467. The molecule has 1 unspecified atom stereocenters. The van der Waals surface area contributed by atoms with E-state index in [2.05, 4.69) is 11.8 Å². The fourth-order valence-electron chi connectivity index (χ4n) is 2.36. The molecule has 0 saturated carbocycles. The minimum atomic E-state index is -0.955. The van der Waals surface area contributed by atoms with Crippen LogP contribution in [0.4, 0.5) is 5.69 Å². The maximum Gasteiger partial charge on any atom is 0.303 e. The molecule has 0 radical (unpaired) electrons. The Morgan fingerprint density at radius 2 is 2.15 bits per heavy atom. The van der Waals surface area contributed by atoms with Crippen LogP contribution in [0.2, 0.25) is 0 Å². The summed E-state index contributed by atoms with van der Waals surface area (Å²) >= 11 is 0. The zero-order chi connectivity index (χ0) is 14.7. The third kappa shape index (κ3) is 3.10. The van der Waals surface area contributed by atoms with Gasteiger partial charge in [0.25, 0.3) is 0 Å². The first-order valence-corrected chi connectivity index (χ1v) is 6.82. The molecule has 1 heterocycles. The van der Waals surface area contributed by atoms with E-state index in [9.17, 15) is 9.59 Å². The van der Waals surface area contributed by atoms with Crippen molar-refractivity contribution in [1.82, 2.24) is 0 Å². The van der Waals surface area contributed by atoms with E-state index >= 15 is 0 Å². The number of nitrogens with zero attached hydrogens (tertiary/aromatic N) is 1. The summed E-state index contributed by atoms with van der Waals surface area (Å²) in [5.74, 6) is -0.325. The minimum absolute atomic E-state index is 0.0253. The van der Waals surface area contributed by atoms with Crippen LogP contribution < -0.4 is 9.64 Å². The zero-order valence-electron chi connectivity index (χ0n) is 11.8. The molecular weight excluding hydrogens is 258 g/mol. The lowest BCUT2D eigenvalue weighted by molar-refractivity contribution is -0.136. The molecule has 0 aliphatic carbocycles. The van der Waals surface area contributed by atoms with Crippen molar-refractivity contribution in [2.75, 3.05) is 18.0 Å². The third-order valence-electron chi connectivity index (χ3n) is 3.37. The van der Waals surface area contributed by atoms with Crippen molar-refractivity contribution >= 4 is 17.4 Å². The Balaban J connectivity index is 2.22. The number of benzene rings is 1. The molecule has 0 spiro atoms. The van der Waals surface area contributed by atoms with E-state index < -0.39 is 5.97 Å². The van der Waals surface area contributed by atoms with Gasteiger partial charge in [0, 0.05) is 18.5 Å². The van der Waals surface area contributed by atoms with Crippen LogP contribution in [-0.2, 0) is 4.79 Å². The van der Waals surface area contributed by atoms with Crippen LogP contribution in [-0.4, -0.2) is 36.1 Å². The molecule has 0 bridgehead atoms. The highest BCUT2D eigenvalue weighted by atomic mass is 16.5. The highest BCUT2D eigenvalue weighted by Gasteiger charge is 2.23. The van der Waals surface area contributed by atoms with Gasteiger partial charge in [-0.1, -0.05) is 0 Å². The van der Waals surface area contributed by atoms with Gasteiger partial charge in [0.2, 0.25) is 0 Å². The molecule has 0 aromatic heterocycles. The average Bonchev–Trinajstić information content (AvgIpc) is 2.43. The molecule has 1 aromatic rings. The first-order valence-electron chi connectivity index (χ1n) is 6.82. The SMILES string of the molecule is CCN1CC(C)Oc2ccc(C(=O)CCC(=O)O)cc21. The number of anilines is 1. The number of likely N-dealkylation sites (N-methyl/N-ethyl adjacent to an activating group) is 1. The van der Waals surface area contributed by atoms with Crippen molar-refractivity contribution in [2.45, 2.75) is 32.8 Å². The maximum absolute atomic E-state index is 12.0. The van der Waals surface area contributed by atoms with Crippen molar-refractivity contribution in [1.29, 1.82) is 0 Å². The van der Waals surface area contributed by atoms with E-state index in [0.717, 1.165) is 24.5 Å². The Morgan fingerprint density at radius 1 is 1.40 bits per heavy atom. The lowest BCUT2D eigenvalue weighted by Gasteiger charge is -2.34. The van der Waals surface area contributed by atoms with E-state index in [1.54, 1.807) is 18.2 Å². The average molecular weight is 277 g/mol. The normalized spacial score (nSPS) is 17.3. The second kappa shape index (κ2) is 5.94. The van der Waals surface area contributed by atoms with Gasteiger partial charge in [0.05, 0.1) is 18.7 Å². The van der Waals surface area contributed by atoms with Gasteiger partial charge in [0.1, 0.15) is 11.9 Å². The number of carbonyl (C=O) groups is 2. The van der Waals surface area contributed by atoms with E-state index in [-0.39, 0.29) is 24.7 Å². The molecular formula is C15H19NO4. The quantitative estimate of drug-likeness (QED) is 0.837. The van der Waals surface area contributed by atoms with Crippen LogP contribution in [0, 0.1) is 0 Å². The van der Waals surface area contributed by atoms with Crippen molar-refractivity contribution in [3.63, 3.8) is 0 Å². The number of carboxylic acids is 1. The fourth-order valence-corrected chi connectivity index (χ4v) is 2.36. The summed E-state index contributed by atoms with van der Waals surface area (Å²) in [6.07, 6.45) is 0.00866. The van der Waals surface area contributed by atoms with E-state index in [0.29, 0.717) is 5.56 Å². The van der Waals surface area contributed by atoms with E-state index in [1.165, 1.54) is 0 Å². The van der Waals surface area contributed by atoms with Gasteiger partial charge in [-0.15, -0.1) is 0 Å². The summed E-state index contributed by atoms with van der Waals surface area (Å²) in [6.45, 7) is 5.70. The van der Waals surface area contributed by atoms with Crippen molar-refractivity contribution in [3.8, 4) is 5.75 Å². The maximum atomic E-state index is 12.0. The third-order valence-corrected chi connectivity index (χ3v) is 3.37. The summed E-state index contributed by atoms with van der Waals surface area (Å²) in [4.78, 5) is 24.7. The monoisotopic (exact) mass is 277 g/mol. The zero-order valence-corrected chi connectivity index (χ0v) is 11.8. The molecule has 108 valence electrons. The summed E-state index contributed by atoms with van der Waals surface area (Å²) in [5, 5.41) is 8.63. The van der Waals surface area contributed by atoms with Gasteiger partial charge in [0.15, 0.2) is 5.78 Å². The highest BCUT2D eigenvalue weighted by molar-refractivity contribution is 5.98. The Kier molecular flexibility index (Phi) is 4.27. The summed E-state index contributed by atoms with van der Waals surface area (Å²) in [7, 11) is 0. The molecule has 0 amide bonds. The molecule has 5 heteroatoms. The highest BCUT2D eigenvalue weighted by Crippen LogP contribution is 2.34. The second-order valence-electron chi connectivity index (χ2n) is 4.97. The lowest BCUT2D eigenvalue weighted by Crippen LogP contribution is -2.38. The van der Waals surface area contributed by atoms with Gasteiger partial charge >= 0.3 is 5.97 Å². The topological polar surface area (TPSA) is 66.8 Å². The summed E-state index contributed by atoms with van der Waals surface area (Å²) in [6, 6.07) is 5.30. The molecule has 1 aliphatic heterocycles. The van der Waals surface area contributed by atoms with Gasteiger partial charge in [-0.2, -0.15) is 0 Å². The molecule has 1 aromatic carbocycles. The van der Waals surface area contributed by atoms with Gasteiger partial charge in [-0.25, -0.2) is 0 Å². The van der Waals surface area contributed by atoms with Crippen LogP contribution in [0.3, 0.4) is 0 Å². The number of rotatable bonds is 5. The Bertz CT molecular complexity index is 527. The number of ketones is 1. The number of carboxylic acid groups (broad SMARTS) is 1. The van der Waals surface area contributed by atoms with Gasteiger partial charge in [-0.05, 0) is 32.0 Å². The van der Waals surface area contributed by atoms with Crippen LogP contribution >= 0.6 is 0 Å². The standard InChI is InChI=1S/C15H19NO4/c1-3-16-9-10(2)20-14-6-4-11(8-12(14)16)13(17)5-7-15(18)19/h4,6,8,10H,3,5,7,9H2,1-2H3,(H,18,19). The predicted molar refractivity (Wildman–Crippen MR) is 75.6 cm³/mol. The molecule has 2 rings (SSSR count). The molecule has 1 atom stereocenters. The van der Waals surface area contributed by atoms with E-state index in [1.807, 2.05) is 6.92 Å². The molecule has 0 fully saturated rings. The number of ether oxygens (including phenoxy) is 1. The molecule has 1 aliphatic rings. The van der Waals surface area contributed by atoms with Crippen LogP contribution in [0.5, 0.6) is 5.75 Å². The minimum Gasteiger partial charge on any atom is -0.487 e. The predicted octanol–water partition coefficient (Wildman–Crippen LogP) is 2.34. The Hall–Kier alpha value is -2.04. The lowest BCUT2D eigenvalue weighted by atomic mass is 10.0. The Labute approximate surface area is 118 Å².